The summed E-state index contributed by atoms with van der Waals surface area (Å²) in [7, 11) is 1.69. The molecule has 2 aliphatic rings. The van der Waals surface area contributed by atoms with Crippen molar-refractivity contribution in [3.8, 4) is 5.75 Å². The van der Waals surface area contributed by atoms with Crippen LogP contribution < -0.4 is 10.1 Å². The number of amides is 1. The van der Waals surface area contributed by atoms with Crippen molar-refractivity contribution in [1.82, 2.24) is 15.1 Å². The molecule has 0 saturated carbocycles. The number of ether oxygens (including phenoxy) is 1. The molecule has 2 fully saturated rings. The van der Waals surface area contributed by atoms with Gasteiger partial charge in [-0.1, -0.05) is 26.0 Å². The van der Waals surface area contributed by atoms with E-state index < -0.39 is 0 Å². The first kappa shape index (κ1) is 18.2. The summed E-state index contributed by atoms with van der Waals surface area (Å²) in [6, 6.07) is 8.28. The van der Waals surface area contributed by atoms with Crippen molar-refractivity contribution in [2.75, 3.05) is 39.8 Å². The molecular formula is C20H31N3O2. The van der Waals surface area contributed by atoms with Gasteiger partial charge in [-0.15, -0.1) is 0 Å². The highest BCUT2D eigenvalue weighted by Crippen LogP contribution is 2.32. The summed E-state index contributed by atoms with van der Waals surface area (Å²) in [6.07, 6.45) is 1.84. The maximum Gasteiger partial charge on any atom is 0.240 e. The van der Waals surface area contributed by atoms with Crippen LogP contribution in [0.15, 0.2) is 24.3 Å². The fraction of sp³-hybridized carbons (Fsp3) is 0.650. The van der Waals surface area contributed by atoms with E-state index in [-0.39, 0.29) is 11.4 Å². The van der Waals surface area contributed by atoms with Crippen molar-refractivity contribution in [1.29, 1.82) is 0 Å². The van der Waals surface area contributed by atoms with Crippen LogP contribution in [0.5, 0.6) is 5.75 Å². The molecule has 0 aromatic heterocycles. The number of likely N-dealkylation sites (tertiary alicyclic amines) is 1. The van der Waals surface area contributed by atoms with E-state index >= 15 is 0 Å². The molecule has 0 unspecified atom stereocenters. The summed E-state index contributed by atoms with van der Waals surface area (Å²) in [5.74, 6) is 1.72. The van der Waals surface area contributed by atoms with Crippen molar-refractivity contribution in [2.24, 2.45) is 5.92 Å². The Morgan fingerprint density at radius 2 is 1.84 bits per heavy atom. The minimum atomic E-state index is -0.293. The third-order valence-electron chi connectivity index (χ3n) is 5.53. The molecule has 0 atom stereocenters. The van der Waals surface area contributed by atoms with Gasteiger partial charge in [-0.05, 0) is 36.5 Å². The number of hydrogen-bond donors (Lipinski definition) is 1. The summed E-state index contributed by atoms with van der Waals surface area (Å²) in [4.78, 5) is 17.6. The third kappa shape index (κ3) is 3.98. The molecule has 1 aromatic carbocycles. The van der Waals surface area contributed by atoms with E-state index in [2.05, 4.69) is 41.1 Å². The highest BCUT2D eigenvalue weighted by atomic mass is 16.5. The molecule has 5 heteroatoms. The lowest BCUT2D eigenvalue weighted by Crippen LogP contribution is -2.68. The standard InChI is InChI=1S/C20H31N3O2/c1-16(2)14-23-13-10-21-19(24)20(23)8-11-22(12-9-20)15-17-4-6-18(25-3)7-5-17/h4-7,16H,8-15H2,1-3H3,(H,21,24). The van der Waals surface area contributed by atoms with Gasteiger partial charge < -0.3 is 10.1 Å². The smallest absolute Gasteiger partial charge is 0.240 e. The topological polar surface area (TPSA) is 44.8 Å². The van der Waals surface area contributed by atoms with E-state index in [0.29, 0.717) is 5.92 Å². The van der Waals surface area contributed by atoms with Crippen LogP contribution in [0.1, 0.15) is 32.3 Å². The Bertz CT molecular complexity index is 577. The number of nitrogens with zero attached hydrogens (tertiary/aromatic N) is 2. The van der Waals surface area contributed by atoms with E-state index in [1.165, 1.54) is 5.56 Å². The third-order valence-corrected chi connectivity index (χ3v) is 5.53. The predicted molar refractivity (Wildman–Crippen MR) is 99.7 cm³/mol. The number of piperidine rings is 1. The van der Waals surface area contributed by atoms with Crippen molar-refractivity contribution >= 4 is 5.91 Å². The van der Waals surface area contributed by atoms with Crippen molar-refractivity contribution in [2.45, 2.75) is 38.8 Å². The van der Waals surface area contributed by atoms with Gasteiger partial charge in [0.15, 0.2) is 0 Å². The number of rotatable bonds is 5. The average molecular weight is 345 g/mol. The highest BCUT2D eigenvalue weighted by Gasteiger charge is 2.47. The van der Waals surface area contributed by atoms with Crippen LogP contribution in [0, 0.1) is 5.92 Å². The predicted octanol–water partition coefficient (Wildman–Crippen LogP) is 2.12. The molecule has 25 heavy (non-hydrogen) atoms. The summed E-state index contributed by atoms with van der Waals surface area (Å²) in [5.41, 5.74) is 1.00. The first-order chi connectivity index (χ1) is 12.0. The van der Waals surface area contributed by atoms with Crippen LogP contribution in [0.4, 0.5) is 0 Å². The highest BCUT2D eigenvalue weighted by molar-refractivity contribution is 5.87. The fourth-order valence-electron chi connectivity index (χ4n) is 4.15. The Kier molecular flexibility index (Phi) is 5.64. The number of benzene rings is 1. The van der Waals surface area contributed by atoms with Crippen LogP contribution in [0.3, 0.4) is 0 Å². The maximum atomic E-state index is 12.7. The Hall–Kier alpha value is -1.59. The van der Waals surface area contributed by atoms with E-state index in [4.69, 9.17) is 4.74 Å². The number of carbonyl (C=O) groups is 1. The molecule has 0 aliphatic carbocycles. The van der Waals surface area contributed by atoms with E-state index in [1.807, 2.05) is 12.1 Å². The number of carbonyl (C=O) groups excluding carboxylic acids is 1. The van der Waals surface area contributed by atoms with Crippen molar-refractivity contribution < 1.29 is 9.53 Å². The van der Waals surface area contributed by atoms with Gasteiger partial charge in [0.2, 0.25) is 5.91 Å². The van der Waals surface area contributed by atoms with Crippen LogP contribution >= 0.6 is 0 Å². The first-order valence-corrected chi connectivity index (χ1v) is 9.42. The summed E-state index contributed by atoms with van der Waals surface area (Å²) in [6.45, 7) is 10.1. The Labute approximate surface area is 151 Å². The summed E-state index contributed by atoms with van der Waals surface area (Å²) in [5, 5.41) is 3.11. The molecule has 3 rings (SSSR count). The average Bonchev–Trinajstić information content (AvgIpc) is 2.61. The maximum absolute atomic E-state index is 12.7. The molecule has 0 radical (unpaired) electrons. The zero-order valence-corrected chi connectivity index (χ0v) is 15.8. The van der Waals surface area contributed by atoms with Gasteiger partial charge in [0.25, 0.3) is 0 Å². The van der Waals surface area contributed by atoms with Crippen LogP contribution in [0.2, 0.25) is 0 Å². The monoisotopic (exact) mass is 345 g/mol. The van der Waals surface area contributed by atoms with Gasteiger partial charge in [-0.3, -0.25) is 14.6 Å². The number of nitrogens with one attached hydrogen (secondary N) is 1. The molecule has 2 heterocycles. The number of piperazine rings is 1. The van der Waals surface area contributed by atoms with E-state index in [9.17, 15) is 4.79 Å². The normalized spacial score (nSPS) is 21.5. The molecule has 5 nitrogen and oxygen atoms in total. The summed E-state index contributed by atoms with van der Waals surface area (Å²) < 4.78 is 5.23. The van der Waals surface area contributed by atoms with Gasteiger partial charge in [0, 0.05) is 39.3 Å². The molecule has 1 spiro atoms. The van der Waals surface area contributed by atoms with Crippen LogP contribution in [-0.2, 0) is 11.3 Å². The molecule has 1 N–H and O–H groups in total. The zero-order valence-electron chi connectivity index (χ0n) is 15.8. The second kappa shape index (κ2) is 7.75. The molecule has 0 bridgehead atoms. The van der Waals surface area contributed by atoms with Crippen molar-refractivity contribution in [3.63, 3.8) is 0 Å². The number of methoxy groups -OCH3 is 1. The molecule has 1 amide bonds. The quantitative estimate of drug-likeness (QED) is 0.888. The van der Waals surface area contributed by atoms with Crippen LogP contribution in [0.25, 0.3) is 0 Å². The minimum absolute atomic E-state index is 0.239. The molecule has 2 aliphatic heterocycles. The Balaban J connectivity index is 1.63. The van der Waals surface area contributed by atoms with Crippen LogP contribution in [-0.4, -0.2) is 61.1 Å². The van der Waals surface area contributed by atoms with E-state index in [0.717, 1.165) is 57.9 Å². The first-order valence-electron chi connectivity index (χ1n) is 9.42. The summed E-state index contributed by atoms with van der Waals surface area (Å²) >= 11 is 0. The Morgan fingerprint density at radius 1 is 1.16 bits per heavy atom. The molecule has 138 valence electrons. The van der Waals surface area contributed by atoms with Gasteiger partial charge in [0.05, 0.1) is 7.11 Å². The van der Waals surface area contributed by atoms with Gasteiger partial charge >= 0.3 is 0 Å². The minimum Gasteiger partial charge on any atom is -0.497 e. The lowest BCUT2D eigenvalue weighted by Gasteiger charge is -2.50. The molecule has 2 saturated heterocycles. The Morgan fingerprint density at radius 3 is 2.44 bits per heavy atom. The SMILES string of the molecule is COc1ccc(CN2CCC3(CC2)C(=O)NCCN3CC(C)C)cc1. The van der Waals surface area contributed by atoms with Gasteiger partial charge in [-0.2, -0.15) is 0 Å². The molecule has 1 aromatic rings. The second-order valence-electron chi connectivity index (χ2n) is 7.75. The van der Waals surface area contributed by atoms with Gasteiger partial charge in [0.1, 0.15) is 11.3 Å². The zero-order chi connectivity index (χ0) is 17.9. The molecular weight excluding hydrogens is 314 g/mol. The van der Waals surface area contributed by atoms with Crippen molar-refractivity contribution in [3.05, 3.63) is 29.8 Å². The fourth-order valence-corrected chi connectivity index (χ4v) is 4.15. The number of hydrogen-bond acceptors (Lipinski definition) is 4. The lowest BCUT2D eigenvalue weighted by molar-refractivity contribution is -0.142. The second-order valence-corrected chi connectivity index (χ2v) is 7.75. The largest absolute Gasteiger partial charge is 0.497 e. The van der Waals surface area contributed by atoms with Gasteiger partial charge in [-0.25, -0.2) is 0 Å². The van der Waals surface area contributed by atoms with E-state index in [1.54, 1.807) is 7.11 Å². The lowest BCUT2D eigenvalue weighted by atomic mass is 9.82.